The minimum atomic E-state index is -0.750. The number of aromatic hydroxyl groups is 1. The predicted molar refractivity (Wildman–Crippen MR) is 77.9 cm³/mol. The zero-order valence-electron chi connectivity index (χ0n) is 7.75. The Morgan fingerprint density at radius 1 is 1.12 bits per heavy atom. The number of nitrogens with one attached hydrogen (secondary N) is 1. The van der Waals surface area contributed by atoms with Crippen molar-refractivity contribution in [2.45, 2.75) is 0 Å². The van der Waals surface area contributed by atoms with Crippen molar-refractivity contribution in [3.8, 4) is 5.75 Å². The number of aromatic nitrogens is 1. The van der Waals surface area contributed by atoms with Crippen LogP contribution in [0.25, 0.3) is 10.9 Å². The van der Waals surface area contributed by atoms with Gasteiger partial charge < -0.3 is 10.1 Å². The zero-order valence-corrected chi connectivity index (χ0v) is 12.1. The highest BCUT2D eigenvalue weighted by Crippen LogP contribution is 2.27. The Morgan fingerprint density at radius 3 is 2.50 bits per heavy atom. The van der Waals surface area contributed by atoms with E-state index in [2.05, 4.69) is 27.6 Å². The quantitative estimate of drug-likeness (QED) is 0.485. The molecule has 16 heavy (non-hydrogen) atoms. The zero-order chi connectivity index (χ0) is 11.9. The number of halogens is 2. The van der Waals surface area contributed by atoms with E-state index in [-0.39, 0.29) is 5.75 Å². The first-order valence-corrected chi connectivity index (χ1v) is 6.40. The molecule has 0 fully saturated rings. The summed E-state index contributed by atoms with van der Waals surface area (Å²) in [5.41, 5.74) is -1.02. The van der Waals surface area contributed by atoms with Gasteiger partial charge in [0.2, 0.25) is 5.43 Å². The lowest BCUT2D eigenvalue weighted by atomic mass is 10.2. The molecule has 1 aromatic carbocycles. The molecule has 0 aliphatic heterocycles. The average molecular weight is 441 g/mol. The fourth-order valence-electron chi connectivity index (χ4n) is 1.38. The molecular formula is C10H5I2NO3. The fourth-order valence-corrected chi connectivity index (χ4v) is 3.50. The van der Waals surface area contributed by atoms with Crippen molar-refractivity contribution in [2.75, 3.05) is 0 Å². The molecule has 0 spiro atoms. The highest BCUT2D eigenvalue weighted by molar-refractivity contribution is 14.1. The van der Waals surface area contributed by atoms with Gasteiger partial charge in [-0.3, -0.25) is 9.59 Å². The van der Waals surface area contributed by atoms with Crippen LogP contribution < -0.4 is 11.0 Å². The van der Waals surface area contributed by atoms with Crippen LogP contribution in [-0.4, -0.2) is 10.1 Å². The van der Waals surface area contributed by atoms with E-state index in [0.717, 1.165) is 13.2 Å². The van der Waals surface area contributed by atoms with Crippen LogP contribution in [-0.2, 0) is 0 Å². The van der Waals surface area contributed by atoms with Crippen LogP contribution in [0.5, 0.6) is 5.75 Å². The molecule has 0 atom stereocenters. The van der Waals surface area contributed by atoms with E-state index < -0.39 is 11.0 Å². The molecule has 1 aromatic heterocycles. The summed E-state index contributed by atoms with van der Waals surface area (Å²) in [6.07, 6.45) is 0. The summed E-state index contributed by atoms with van der Waals surface area (Å²) >= 11 is 4.15. The Kier molecular flexibility index (Phi) is 3.19. The number of rotatable bonds is 0. The van der Waals surface area contributed by atoms with Gasteiger partial charge >= 0.3 is 0 Å². The Balaban J connectivity index is 3.16. The molecule has 1 heterocycles. The van der Waals surface area contributed by atoms with Crippen molar-refractivity contribution in [1.29, 1.82) is 0 Å². The third kappa shape index (κ3) is 2.08. The molecule has 0 saturated heterocycles. The van der Waals surface area contributed by atoms with Crippen molar-refractivity contribution < 1.29 is 5.11 Å². The molecule has 6 heteroatoms. The van der Waals surface area contributed by atoms with Gasteiger partial charge in [0, 0.05) is 13.2 Å². The second-order valence-corrected chi connectivity index (χ2v) is 5.57. The third-order valence-electron chi connectivity index (χ3n) is 2.05. The van der Waals surface area contributed by atoms with Crippen LogP contribution in [0.15, 0.2) is 27.8 Å². The van der Waals surface area contributed by atoms with Crippen LogP contribution in [0.3, 0.4) is 0 Å². The molecule has 0 bridgehead atoms. The maximum atomic E-state index is 11.3. The molecule has 2 aromatic rings. The summed E-state index contributed by atoms with van der Waals surface area (Å²) in [6, 6.07) is 4.50. The molecule has 2 N–H and O–H groups in total. The van der Waals surface area contributed by atoms with Crippen molar-refractivity contribution >= 4 is 56.1 Å². The SMILES string of the molecule is O=c1cc(O)c2c(I)cc(I)cc2[nH]c1=O. The first-order valence-electron chi connectivity index (χ1n) is 4.24. The van der Waals surface area contributed by atoms with Gasteiger partial charge in [0.15, 0.2) is 0 Å². The molecule has 2 rings (SSSR count). The molecule has 0 aliphatic rings. The van der Waals surface area contributed by atoms with Crippen molar-refractivity contribution in [3.63, 3.8) is 0 Å². The van der Waals surface area contributed by atoms with E-state index in [4.69, 9.17) is 0 Å². The van der Waals surface area contributed by atoms with E-state index in [9.17, 15) is 14.7 Å². The second kappa shape index (κ2) is 4.32. The highest BCUT2D eigenvalue weighted by atomic mass is 127. The van der Waals surface area contributed by atoms with E-state index in [1.165, 1.54) is 0 Å². The first-order chi connectivity index (χ1) is 7.49. The smallest absolute Gasteiger partial charge is 0.296 e. The van der Waals surface area contributed by atoms with Crippen LogP contribution in [0.4, 0.5) is 0 Å². The van der Waals surface area contributed by atoms with Gasteiger partial charge in [0.05, 0.1) is 10.9 Å². The number of fused-ring (bicyclic) bond motifs is 1. The number of hydrogen-bond acceptors (Lipinski definition) is 3. The molecule has 0 radical (unpaired) electrons. The molecule has 0 unspecified atom stereocenters. The number of H-pyrrole nitrogens is 1. The number of benzene rings is 1. The van der Waals surface area contributed by atoms with Gasteiger partial charge in [-0.2, -0.15) is 0 Å². The van der Waals surface area contributed by atoms with E-state index in [1.54, 1.807) is 6.07 Å². The maximum absolute atomic E-state index is 11.3. The summed E-state index contributed by atoms with van der Waals surface area (Å²) in [7, 11) is 0. The van der Waals surface area contributed by atoms with Gasteiger partial charge in [0.1, 0.15) is 5.75 Å². The summed E-state index contributed by atoms with van der Waals surface area (Å²) < 4.78 is 1.70. The van der Waals surface area contributed by atoms with Crippen molar-refractivity contribution in [3.05, 3.63) is 45.9 Å². The van der Waals surface area contributed by atoms with Crippen LogP contribution in [0.1, 0.15) is 0 Å². The van der Waals surface area contributed by atoms with E-state index in [0.29, 0.717) is 10.9 Å². The minimum absolute atomic E-state index is 0.181. The summed E-state index contributed by atoms with van der Waals surface area (Å²) in [5, 5.41) is 10.2. The Hall–Kier alpha value is -0.640. The van der Waals surface area contributed by atoms with Crippen molar-refractivity contribution in [2.24, 2.45) is 0 Å². The molecule has 0 amide bonds. The molecule has 4 nitrogen and oxygen atoms in total. The average Bonchev–Trinajstić information content (AvgIpc) is 2.24. The Bertz CT molecular complexity index is 694. The van der Waals surface area contributed by atoms with Gasteiger partial charge in [-0.1, -0.05) is 0 Å². The predicted octanol–water partition coefficient (Wildman–Crippen LogP) is 1.80. The maximum Gasteiger partial charge on any atom is 0.296 e. The molecule has 0 saturated carbocycles. The van der Waals surface area contributed by atoms with Crippen LogP contribution >= 0.6 is 45.2 Å². The molecule has 82 valence electrons. The largest absolute Gasteiger partial charge is 0.507 e. The number of hydrogen-bond donors (Lipinski definition) is 2. The second-order valence-electron chi connectivity index (χ2n) is 3.16. The lowest BCUT2D eigenvalue weighted by Gasteiger charge is -2.00. The lowest BCUT2D eigenvalue weighted by molar-refractivity contribution is 0.481. The monoisotopic (exact) mass is 441 g/mol. The Morgan fingerprint density at radius 2 is 1.81 bits per heavy atom. The topological polar surface area (TPSA) is 70.2 Å². The highest BCUT2D eigenvalue weighted by Gasteiger charge is 2.07. The Labute approximate surface area is 117 Å². The first kappa shape index (κ1) is 11.8. The van der Waals surface area contributed by atoms with E-state index in [1.807, 2.05) is 28.7 Å². The van der Waals surface area contributed by atoms with Crippen LogP contribution in [0.2, 0.25) is 0 Å². The standard InChI is InChI=1S/C10H5I2NO3/c11-4-1-5(12)9-6(2-4)13-10(16)8(15)3-7(9)14/h1-3,14H,(H,13,15,16). The molecular weight excluding hydrogens is 436 g/mol. The van der Waals surface area contributed by atoms with Gasteiger partial charge in [0.25, 0.3) is 5.56 Å². The van der Waals surface area contributed by atoms with Gasteiger partial charge in [-0.05, 0) is 57.3 Å². The van der Waals surface area contributed by atoms with Crippen LogP contribution in [0, 0.1) is 7.14 Å². The summed E-state index contributed by atoms with van der Waals surface area (Å²) in [5.74, 6) is -0.181. The minimum Gasteiger partial charge on any atom is -0.507 e. The van der Waals surface area contributed by atoms with Crippen molar-refractivity contribution in [1.82, 2.24) is 4.98 Å². The fraction of sp³-hybridized carbons (Fsp3) is 0. The van der Waals surface area contributed by atoms with Gasteiger partial charge in [-0.15, -0.1) is 0 Å². The summed E-state index contributed by atoms with van der Waals surface area (Å²) in [4.78, 5) is 25.0. The number of aromatic amines is 1. The van der Waals surface area contributed by atoms with Gasteiger partial charge in [-0.25, -0.2) is 0 Å². The third-order valence-corrected chi connectivity index (χ3v) is 3.52. The lowest BCUT2D eigenvalue weighted by Crippen LogP contribution is -2.22. The van der Waals surface area contributed by atoms with E-state index >= 15 is 0 Å². The summed E-state index contributed by atoms with van der Waals surface area (Å²) in [6.45, 7) is 0. The normalized spacial score (nSPS) is 10.6. The molecule has 0 aliphatic carbocycles.